The van der Waals surface area contributed by atoms with Crippen molar-refractivity contribution in [2.45, 2.75) is 5.51 Å². The van der Waals surface area contributed by atoms with Crippen LogP contribution in [0.5, 0.6) is 5.75 Å². The van der Waals surface area contributed by atoms with Crippen LogP contribution in [0.4, 0.5) is 23.2 Å². The minimum atomic E-state index is -6.35. The lowest BCUT2D eigenvalue weighted by Gasteiger charge is -2.14. The van der Waals surface area contributed by atoms with Gasteiger partial charge in [-0.25, -0.2) is 21.2 Å². The molecule has 0 fully saturated rings. The molecule has 0 aliphatic rings. The molecule has 1 aromatic heterocycles. The van der Waals surface area contributed by atoms with Gasteiger partial charge >= 0.3 is 15.6 Å². The zero-order valence-electron chi connectivity index (χ0n) is 18.6. The summed E-state index contributed by atoms with van der Waals surface area (Å²) >= 11 is 0. The molecule has 0 spiro atoms. The average molecular weight is 589 g/mol. The Balaban J connectivity index is 2.33. The molecular weight excluding hydrogens is 572 g/mol. The van der Waals surface area contributed by atoms with Gasteiger partial charge in [-0.05, 0) is 30.3 Å². The predicted molar refractivity (Wildman–Crippen MR) is 123 cm³/mol. The fourth-order valence-corrected chi connectivity index (χ4v) is 6.52. The number of sulfonamides is 1. The second-order valence-electron chi connectivity index (χ2n) is 7.48. The number of hydrogen-bond donors (Lipinski definition) is 2. The van der Waals surface area contributed by atoms with Crippen molar-refractivity contribution in [3.63, 3.8) is 0 Å². The number of furan rings is 1. The molecule has 37 heavy (non-hydrogen) atoms. The van der Waals surface area contributed by atoms with Crippen molar-refractivity contribution in [3.8, 4) is 17.1 Å². The summed E-state index contributed by atoms with van der Waals surface area (Å²) in [5, 5.41) is 0.445. The quantitative estimate of drug-likeness (QED) is 0.228. The van der Waals surface area contributed by atoms with Gasteiger partial charge in [0.2, 0.25) is 10.0 Å². The molecule has 0 saturated carbocycles. The standard InChI is InChI=1S/C19H16F4N2O9S3/c1-24-18(26)16-12-7-15(34-37(31,32)19(21,22)23)13(25-36(29,30)9-35(2,27)28)8-14(12)33-17(16)10-3-5-11(20)6-4-10/h3-8,25H,9H2,1-2H3,(H,24,26). The van der Waals surface area contributed by atoms with Crippen molar-refractivity contribution in [2.75, 3.05) is 23.1 Å². The summed E-state index contributed by atoms with van der Waals surface area (Å²) in [7, 11) is -14.1. The Bertz CT molecular complexity index is 1700. The van der Waals surface area contributed by atoms with Gasteiger partial charge in [-0.2, -0.15) is 21.6 Å². The third kappa shape index (κ3) is 6.31. The van der Waals surface area contributed by atoms with E-state index in [0.29, 0.717) is 18.4 Å². The van der Waals surface area contributed by atoms with Gasteiger partial charge in [0.1, 0.15) is 17.2 Å². The number of rotatable bonds is 8. The topological polar surface area (TPSA) is 166 Å². The van der Waals surface area contributed by atoms with Crippen LogP contribution in [0.1, 0.15) is 10.4 Å². The highest BCUT2D eigenvalue weighted by Crippen LogP contribution is 2.41. The van der Waals surface area contributed by atoms with Gasteiger partial charge in [0.25, 0.3) is 5.91 Å². The highest BCUT2D eigenvalue weighted by atomic mass is 32.3. The first-order valence-corrected chi connectivity index (χ1v) is 14.7. The fraction of sp³-hybridized carbons (Fsp3) is 0.211. The first-order valence-electron chi connectivity index (χ1n) is 9.61. The van der Waals surface area contributed by atoms with E-state index in [1.54, 1.807) is 4.72 Å². The molecule has 0 saturated heterocycles. The van der Waals surface area contributed by atoms with Crippen LogP contribution in [-0.4, -0.2) is 55.1 Å². The molecule has 0 aliphatic carbocycles. The third-order valence-corrected chi connectivity index (χ3v) is 8.92. The molecule has 0 bridgehead atoms. The van der Waals surface area contributed by atoms with Crippen LogP contribution < -0.4 is 14.2 Å². The molecule has 18 heteroatoms. The molecule has 202 valence electrons. The molecule has 2 aromatic carbocycles. The van der Waals surface area contributed by atoms with E-state index in [2.05, 4.69) is 9.50 Å². The molecule has 0 radical (unpaired) electrons. The van der Waals surface area contributed by atoms with E-state index in [9.17, 15) is 47.6 Å². The van der Waals surface area contributed by atoms with Crippen LogP contribution in [0, 0.1) is 5.82 Å². The fourth-order valence-electron chi connectivity index (χ4n) is 3.07. The van der Waals surface area contributed by atoms with E-state index in [0.717, 1.165) is 12.1 Å². The van der Waals surface area contributed by atoms with E-state index in [1.807, 2.05) is 0 Å². The maximum atomic E-state index is 13.4. The molecule has 0 atom stereocenters. The number of carbonyl (C=O) groups excluding carboxylic acids is 1. The highest BCUT2D eigenvalue weighted by molar-refractivity contribution is 8.08. The Morgan fingerprint density at radius 1 is 1.03 bits per heavy atom. The second-order valence-corrected chi connectivity index (χ2v) is 13.2. The summed E-state index contributed by atoms with van der Waals surface area (Å²) in [6.45, 7) is 0. The number of fused-ring (bicyclic) bond motifs is 1. The number of hydrogen-bond acceptors (Lipinski definition) is 9. The molecular formula is C19H16F4N2O9S3. The molecule has 0 unspecified atom stereocenters. The normalized spacial score (nSPS) is 12.9. The Morgan fingerprint density at radius 2 is 1.62 bits per heavy atom. The molecule has 11 nitrogen and oxygen atoms in total. The summed E-state index contributed by atoms with van der Waals surface area (Å²) < 4.78 is 135. The van der Waals surface area contributed by atoms with Gasteiger partial charge in [0.05, 0.1) is 11.3 Å². The summed E-state index contributed by atoms with van der Waals surface area (Å²) in [5.41, 5.74) is -7.41. The van der Waals surface area contributed by atoms with E-state index < -0.39 is 63.7 Å². The second kappa shape index (κ2) is 9.49. The van der Waals surface area contributed by atoms with E-state index in [4.69, 9.17) is 4.42 Å². The molecule has 2 N–H and O–H groups in total. The van der Waals surface area contributed by atoms with Gasteiger partial charge in [-0.15, -0.1) is 0 Å². The van der Waals surface area contributed by atoms with Crippen LogP contribution in [0.15, 0.2) is 40.8 Å². The van der Waals surface area contributed by atoms with Crippen LogP contribution in [0.2, 0.25) is 0 Å². The van der Waals surface area contributed by atoms with Crippen molar-refractivity contribution in [1.82, 2.24) is 5.32 Å². The molecule has 3 rings (SSSR count). The number of benzene rings is 2. The molecule has 1 amide bonds. The number of anilines is 1. The van der Waals surface area contributed by atoms with Crippen LogP contribution in [0.3, 0.4) is 0 Å². The Hall–Kier alpha value is -3.38. The summed E-state index contributed by atoms with van der Waals surface area (Å²) in [5.74, 6) is -2.96. The van der Waals surface area contributed by atoms with Crippen LogP contribution in [-0.2, 0) is 30.0 Å². The predicted octanol–water partition coefficient (Wildman–Crippen LogP) is 2.57. The lowest BCUT2D eigenvalue weighted by atomic mass is 10.0. The molecule has 3 aromatic rings. The molecule has 1 heterocycles. The van der Waals surface area contributed by atoms with E-state index in [-0.39, 0.29) is 27.9 Å². The number of amides is 1. The smallest absolute Gasteiger partial charge is 0.455 e. The lowest BCUT2D eigenvalue weighted by Crippen LogP contribution is -2.29. The van der Waals surface area contributed by atoms with Crippen molar-refractivity contribution < 1.29 is 56.2 Å². The van der Waals surface area contributed by atoms with Gasteiger partial charge in [-0.3, -0.25) is 9.52 Å². The van der Waals surface area contributed by atoms with Crippen molar-refractivity contribution >= 4 is 52.5 Å². The zero-order chi connectivity index (χ0) is 28.0. The minimum Gasteiger partial charge on any atom is -0.455 e. The maximum Gasteiger partial charge on any atom is 0.534 e. The van der Waals surface area contributed by atoms with Crippen molar-refractivity contribution in [2.24, 2.45) is 0 Å². The highest BCUT2D eigenvalue weighted by Gasteiger charge is 2.49. The average Bonchev–Trinajstić information content (AvgIpc) is 3.09. The largest absolute Gasteiger partial charge is 0.534 e. The maximum absolute atomic E-state index is 13.4. The van der Waals surface area contributed by atoms with Crippen LogP contribution >= 0.6 is 0 Å². The van der Waals surface area contributed by atoms with Crippen molar-refractivity contribution in [1.29, 1.82) is 0 Å². The summed E-state index contributed by atoms with van der Waals surface area (Å²) in [4.78, 5) is 12.6. The van der Waals surface area contributed by atoms with Gasteiger partial charge in [0.15, 0.2) is 20.7 Å². The van der Waals surface area contributed by atoms with Crippen molar-refractivity contribution in [3.05, 3.63) is 47.8 Å². The van der Waals surface area contributed by atoms with Gasteiger partial charge in [-0.1, -0.05) is 0 Å². The third-order valence-electron chi connectivity index (χ3n) is 4.47. The number of alkyl halides is 3. The Kier molecular flexibility index (Phi) is 7.23. The van der Waals surface area contributed by atoms with E-state index in [1.165, 1.54) is 19.2 Å². The monoisotopic (exact) mass is 588 g/mol. The first-order chi connectivity index (χ1) is 16.8. The minimum absolute atomic E-state index is 0.126. The molecule has 0 aliphatic heterocycles. The first kappa shape index (κ1) is 28.2. The number of carbonyl (C=O) groups is 1. The number of halogens is 4. The summed E-state index contributed by atoms with van der Waals surface area (Å²) in [6.07, 6.45) is 0.568. The summed E-state index contributed by atoms with van der Waals surface area (Å²) in [6, 6.07) is 5.76. The van der Waals surface area contributed by atoms with E-state index >= 15 is 0 Å². The SMILES string of the molecule is CNC(=O)c1c(-c2ccc(F)cc2)oc2cc(NS(=O)(=O)CS(C)(=O)=O)c(OS(=O)(=O)C(F)(F)F)cc12. The Labute approximate surface area is 207 Å². The number of nitrogens with one attached hydrogen (secondary N) is 2. The lowest BCUT2D eigenvalue weighted by molar-refractivity contribution is -0.0499. The van der Waals surface area contributed by atoms with Gasteiger partial charge in [0, 0.05) is 30.3 Å². The van der Waals surface area contributed by atoms with Gasteiger partial charge < -0.3 is 13.9 Å². The van der Waals surface area contributed by atoms with Crippen LogP contribution in [0.25, 0.3) is 22.3 Å². The Morgan fingerprint density at radius 3 is 2.14 bits per heavy atom. The zero-order valence-corrected chi connectivity index (χ0v) is 21.0. The number of sulfone groups is 1.